The monoisotopic (exact) mass is 368 g/mol. The van der Waals surface area contributed by atoms with Gasteiger partial charge in [-0.25, -0.2) is 9.78 Å². The normalized spacial score (nSPS) is 8.11. The van der Waals surface area contributed by atoms with Gasteiger partial charge in [-0.3, -0.25) is 4.79 Å². The molecule has 0 aliphatic carbocycles. The number of esters is 1. The predicted molar refractivity (Wildman–Crippen MR) is 56.3 cm³/mol. The Balaban J connectivity index is 0. The molecule has 0 aliphatic rings. The molecule has 0 spiro atoms. The third-order valence-corrected chi connectivity index (χ3v) is 1.70. The van der Waals surface area contributed by atoms with Gasteiger partial charge >= 0.3 is 28.3 Å². The second-order valence-electron chi connectivity index (χ2n) is 2.44. The van der Waals surface area contributed by atoms with Gasteiger partial charge in [0.05, 0.1) is 17.8 Å². The molecule has 8 nitrogen and oxygen atoms in total. The summed E-state index contributed by atoms with van der Waals surface area (Å²) < 4.78 is 4.44. The average molecular weight is 369 g/mol. The van der Waals surface area contributed by atoms with Gasteiger partial charge < -0.3 is 20.1 Å². The van der Waals surface area contributed by atoms with Crippen molar-refractivity contribution in [1.29, 1.82) is 0 Å². The smallest absolute Gasteiger partial charge is 0.465 e. The summed E-state index contributed by atoms with van der Waals surface area (Å²) in [5.41, 5.74) is 0.374. The number of carbonyl (C=O) groups excluding carboxylic acids is 2. The van der Waals surface area contributed by atoms with Crippen LogP contribution in [-0.2, 0) is 27.1 Å². The van der Waals surface area contributed by atoms with Gasteiger partial charge in [-0.1, -0.05) is 11.6 Å². The maximum Gasteiger partial charge on any atom is 1.00 e. The molecule has 1 rings (SSSR count). The van der Waals surface area contributed by atoms with Crippen LogP contribution in [0.3, 0.4) is 0 Å². The van der Waals surface area contributed by atoms with E-state index in [4.69, 9.17) is 26.9 Å². The molecule has 0 bridgehead atoms. The van der Waals surface area contributed by atoms with Gasteiger partial charge in [0.2, 0.25) is 0 Å². The number of aromatic nitrogens is 1. The zero-order valence-corrected chi connectivity index (χ0v) is 11.0. The molecule has 18 heavy (non-hydrogen) atoms. The standard InChI is InChI=1S/C8H6ClNO3.Ag.NO3/c1-13-8(12)6-2-5(4-11)3-10-7(6)9;;2-1(3)4/h2-4H,1H3;;/q;+1;-1. The second kappa shape index (κ2) is 9.54. The Morgan fingerprint density at radius 1 is 1.56 bits per heavy atom. The Morgan fingerprint density at radius 3 is 2.44 bits per heavy atom. The fraction of sp³-hybridized carbons (Fsp3) is 0.125. The Kier molecular flexibility index (Phi) is 10.0. The zero-order chi connectivity index (χ0) is 13.4. The maximum atomic E-state index is 11.0. The van der Waals surface area contributed by atoms with Gasteiger partial charge in [-0.15, -0.1) is 0 Å². The van der Waals surface area contributed by atoms with Crippen molar-refractivity contribution in [3.05, 3.63) is 43.9 Å². The molecular weight excluding hydrogens is 363 g/mol. The molecule has 0 aliphatic heterocycles. The topological polar surface area (TPSA) is 122 Å². The fourth-order valence-corrected chi connectivity index (χ4v) is 0.962. The zero-order valence-electron chi connectivity index (χ0n) is 8.76. The van der Waals surface area contributed by atoms with Crippen molar-refractivity contribution in [2.45, 2.75) is 0 Å². The van der Waals surface area contributed by atoms with Crippen LogP contribution in [0.25, 0.3) is 0 Å². The molecule has 102 valence electrons. The third kappa shape index (κ3) is 6.97. The number of methoxy groups -OCH3 is 1. The van der Waals surface area contributed by atoms with Crippen molar-refractivity contribution in [2.24, 2.45) is 0 Å². The van der Waals surface area contributed by atoms with Crippen molar-refractivity contribution < 1.29 is 41.8 Å². The van der Waals surface area contributed by atoms with Crippen LogP contribution in [0.4, 0.5) is 0 Å². The fourth-order valence-electron chi connectivity index (χ4n) is 0.782. The maximum absolute atomic E-state index is 11.0. The van der Waals surface area contributed by atoms with E-state index >= 15 is 0 Å². The number of pyridine rings is 1. The number of hydrogen-bond donors (Lipinski definition) is 0. The number of nitrogens with zero attached hydrogens (tertiary/aromatic N) is 2. The first kappa shape index (κ1) is 18.9. The number of hydrogen-bond acceptors (Lipinski definition) is 7. The van der Waals surface area contributed by atoms with E-state index in [-0.39, 0.29) is 38.7 Å². The van der Waals surface area contributed by atoms with Crippen molar-refractivity contribution in [3.8, 4) is 0 Å². The second-order valence-corrected chi connectivity index (χ2v) is 2.80. The van der Waals surface area contributed by atoms with E-state index in [1.165, 1.54) is 19.4 Å². The summed E-state index contributed by atoms with van der Waals surface area (Å²) in [6.07, 6.45) is 1.86. The van der Waals surface area contributed by atoms with Crippen LogP contribution in [0.2, 0.25) is 5.15 Å². The van der Waals surface area contributed by atoms with Crippen LogP contribution >= 0.6 is 11.6 Å². The first-order valence-electron chi connectivity index (χ1n) is 3.93. The SMILES string of the molecule is COC(=O)c1cc(C=O)cnc1Cl.O=[N+]([O-])[O-].[Ag+]. The number of rotatable bonds is 2. The molecule has 0 saturated heterocycles. The molecule has 10 heteroatoms. The number of halogens is 1. The molecule has 0 atom stereocenters. The Hall–Kier alpha value is -1.48. The Bertz CT molecular complexity index is 438. The van der Waals surface area contributed by atoms with E-state index in [1.54, 1.807) is 0 Å². The molecule has 1 heterocycles. The molecule has 1 aromatic rings. The minimum Gasteiger partial charge on any atom is -0.465 e. The van der Waals surface area contributed by atoms with Gasteiger partial charge in [-0.2, -0.15) is 0 Å². The summed E-state index contributed by atoms with van der Waals surface area (Å²) in [7, 11) is 1.23. The summed E-state index contributed by atoms with van der Waals surface area (Å²) in [6, 6.07) is 1.33. The average Bonchev–Trinajstić information content (AvgIpc) is 2.28. The first-order chi connectivity index (χ1) is 7.92. The van der Waals surface area contributed by atoms with E-state index in [2.05, 4.69) is 9.72 Å². The van der Waals surface area contributed by atoms with E-state index in [1.807, 2.05) is 0 Å². The first-order valence-corrected chi connectivity index (χ1v) is 4.30. The molecule has 0 N–H and O–H groups in total. The van der Waals surface area contributed by atoms with Crippen molar-refractivity contribution in [1.82, 2.24) is 4.98 Å². The summed E-state index contributed by atoms with van der Waals surface area (Å²) in [4.78, 5) is 33.3. The van der Waals surface area contributed by atoms with Crippen LogP contribution < -0.4 is 0 Å². The van der Waals surface area contributed by atoms with E-state index in [0.29, 0.717) is 6.29 Å². The minimum atomic E-state index is -1.75. The van der Waals surface area contributed by atoms with Crippen LogP contribution in [0, 0.1) is 15.3 Å². The van der Waals surface area contributed by atoms with Gasteiger partial charge in [-0.05, 0) is 6.07 Å². The Morgan fingerprint density at radius 2 is 2.06 bits per heavy atom. The van der Waals surface area contributed by atoms with E-state index in [9.17, 15) is 9.59 Å². The van der Waals surface area contributed by atoms with Crippen molar-refractivity contribution >= 4 is 23.9 Å². The van der Waals surface area contributed by atoms with Crippen molar-refractivity contribution in [3.63, 3.8) is 0 Å². The largest absolute Gasteiger partial charge is 1.00 e. The van der Waals surface area contributed by atoms with Crippen LogP contribution in [0.1, 0.15) is 20.7 Å². The van der Waals surface area contributed by atoms with E-state index in [0.717, 1.165) is 0 Å². The third-order valence-electron chi connectivity index (χ3n) is 1.40. The summed E-state index contributed by atoms with van der Waals surface area (Å²) in [5, 5.41) is 14.8. The molecule has 0 unspecified atom stereocenters. The van der Waals surface area contributed by atoms with Crippen LogP contribution in [0.15, 0.2) is 12.3 Å². The van der Waals surface area contributed by atoms with Gasteiger partial charge in [0, 0.05) is 11.8 Å². The molecule has 0 amide bonds. The quantitative estimate of drug-likeness (QED) is 0.191. The van der Waals surface area contributed by atoms with Crippen LogP contribution in [0.5, 0.6) is 0 Å². The Labute approximate surface area is 122 Å². The minimum absolute atomic E-state index is 0. The summed E-state index contributed by atoms with van der Waals surface area (Å²) in [6.45, 7) is 0. The van der Waals surface area contributed by atoms with E-state index < -0.39 is 11.1 Å². The summed E-state index contributed by atoms with van der Waals surface area (Å²) in [5.74, 6) is -0.610. The van der Waals surface area contributed by atoms with Gasteiger partial charge in [0.25, 0.3) is 0 Å². The summed E-state index contributed by atoms with van der Waals surface area (Å²) >= 11 is 5.60. The molecule has 0 fully saturated rings. The number of ether oxygens (including phenoxy) is 1. The molecule has 0 radical (unpaired) electrons. The number of aldehydes is 1. The predicted octanol–water partition coefficient (Wildman–Crippen LogP) is 1.09. The number of carbonyl (C=O) groups is 2. The molecular formula is C8H6AgClN2O6. The molecule has 1 aromatic heterocycles. The van der Waals surface area contributed by atoms with Crippen molar-refractivity contribution in [2.75, 3.05) is 7.11 Å². The molecule has 0 saturated carbocycles. The van der Waals surface area contributed by atoms with Crippen LogP contribution in [-0.4, -0.2) is 29.4 Å². The molecule has 0 aromatic carbocycles. The van der Waals surface area contributed by atoms with Gasteiger partial charge in [0.1, 0.15) is 5.15 Å². The van der Waals surface area contributed by atoms with Gasteiger partial charge in [0.15, 0.2) is 6.29 Å².